The van der Waals surface area contributed by atoms with Crippen LogP contribution < -0.4 is 10.6 Å². The van der Waals surface area contributed by atoms with Crippen LogP contribution in [0.4, 0.5) is 0 Å². The number of nitrogens with one attached hydrogen (secondary N) is 2. The number of aliphatic imine (C=N–C) groups is 1. The second-order valence-corrected chi connectivity index (χ2v) is 7.31. The molecule has 2 atom stereocenters. The van der Waals surface area contributed by atoms with Gasteiger partial charge in [-0.15, -0.1) is 0 Å². The molecule has 1 unspecified atom stereocenters. The summed E-state index contributed by atoms with van der Waals surface area (Å²) in [7, 11) is 1.80. The molecular weight excluding hydrogens is 312 g/mol. The molecule has 1 aliphatic heterocycles. The SMILES string of the molecule is CN=C(NCC(CO)c1ccccc1)NC[C@H]1CCCN1CC(C)C. The van der Waals surface area contributed by atoms with Gasteiger partial charge < -0.3 is 15.7 Å². The fraction of sp³-hybridized carbons (Fsp3) is 0.650. The fourth-order valence-electron chi connectivity index (χ4n) is 3.50. The summed E-state index contributed by atoms with van der Waals surface area (Å²) >= 11 is 0. The minimum absolute atomic E-state index is 0.0728. The zero-order valence-corrected chi connectivity index (χ0v) is 15.9. The number of rotatable bonds is 8. The Morgan fingerprint density at radius 3 is 2.68 bits per heavy atom. The molecule has 0 amide bonds. The van der Waals surface area contributed by atoms with Crippen molar-refractivity contribution in [3.05, 3.63) is 35.9 Å². The Hall–Kier alpha value is -1.59. The van der Waals surface area contributed by atoms with Crippen molar-refractivity contribution in [3.63, 3.8) is 0 Å². The van der Waals surface area contributed by atoms with Crippen LogP contribution in [0.5, 0.6) is 0 Å². The molecule has 1 aromatic rings. The molecule has 1 aromatic carbocycles. The Bertz CT molecular complexity index is 518. The molecule has 2 rings (SSSR count). The molecule has 3 N–H and O–H groups in total. The lowest BCUT2D eigenvalue weighted by molar-refractivity contribution is 0.226. The first-order valence-electron chi connectivity index (χ1n) is 9.48. The Morgan fingerprint density at radius 2 is 2.04 bits per heavy atom. The molecule has 25 heavy (non-hydrogen) atoms. The monoisotopic (exact) mass is 346 g/mol. The van der Waals surface area contributed by atoms with Gasteiger partial charge in [0.2, 0.25) is 0 Å². The van der Waals surface area contributed by atoms with Crippen LogP contribution in [0.1, 0.15) is 38.2 Å². The molecule has 1 fully saturated rings. The molecule has 0 spiro atoms. The lowest BCUT2D eigenvalue weighted by atomic mass is 10.0. The van der Waals surface area contributed by atoms with Crippen molar-refractivity contribution in [1.29, 1.82) is 0 Å². The first-order valence-corrected chi connectivity index (χ1v) is 9.48. The van der Waals surface area contributed by atoms with Crippen molar-refractivity contribution in [2.75, 3.05) is 39.8 Å². The van der Waals surface area contributed by atoms with Gasteiger partial charge in [-0.1, -0.05) is 44.2 Å². The minimum Gasteiger partial charge on any atom is -0.396 e. The number of hydrogen-bond donors (Lipinski definition) is 3. The van der Waals surface area contributed by atoms with E-state index in [0.717, 1.165) is 18.1 Å². The predicted octanol–water partition coefficient (Wildman–Crippen LogP) is 2.05. The number of nitrogens with zero attached hydrogens (tertiary/aromatic N) is 2. The molecule has 5 heteroatoms. The number of benzene rings is 1. The molecule has 0 aromatic heterocycles. The molecule has 0 radical (unpaired) electrons. The van der Waals surface area contributed by atoms with E-state index >= 15 is 0 Å². The third-order valence-electron chi connectivity index (χ3n) is 4.83. The zero-order chi connectivity index (χ0) is 18.1. The number of likely N-dealkylation sites (tertiary alicyclic amines) is 1. The summed E-state index contributed by atoms with van der Waals surface area (Å²) in [5.41, 5.74) is 1.15. The van der Waals surface area contributed by atoms with E-state index in [9.17, 15) is 5.11 Å². The minimum atomic E-state index is 0.0728. The molecule has 5 nitrogen and oxygen atoms in total. The number of guanidine groups is 1. The van der Waals surface area contributed by atoms with Gasteiger partial charge in [0, 0.05) is 38.6 Å². The number of hydrogen-bond acceptors (Lipinski definition) is 3. The van der Waals surface area contributed by atoms with Crippen LogP contribution in [0.25, 0.3) is 0 Å². The maximum absolute atomic E-state index is 9.68. The lowest BCUT2D eigenvalue weighted by Crippen LogP contribution is -2.46. The van der Waals surface area contributed by atoms with Gasteiger partial charge in [-0.05, 0) is 30.9 Å². The van der Waals surface area contributed by atoms with Crippen molar-refractivity contribution >= 4 is 5.96 Å². The van der Waals surface area contributed by atoms with E-state index in [2.05, 4.69) is 46.5 Å². The first-order chi connectivity index (χ1) is 12.1. The summed E-state index contributed by atoms with van der Waals surface area (Å²) in [6, 6.07) is 10.7. The topological polar surface area (TPSA) is 59.9 Å². The quantitative estimate of drug-likeness (QED) is 0.498. The van der Waals surface area contributed by atoms with Crippen LogP contribution in [0.3, 0.4) is 0 Å². The highest BCUT2D eigenvalue weighted by Gasteiger charge is 2.24. The average Bonchev–Trinajstić information content (AvgIpc) is 3.05. The van der Waals surface area contributed by atoms with Crippen molar-refractivity contribution in [2.45, 2.75) is 38.6 Å². The van der Waals surface area contributed by atoms with E-state index in [-0.39, 0.29) is 12.5 Å². The highest BCUT2D eigenvalue weighted by molar-refractivity contribution is 5.79. The Morgan fingerprint density at radius 1 is 1.28 bits per heavy atom. The normalized spacial score (nSPS) is 20.0. The highest BCUT2D eigenvalue weighted by Crippen LogP contribution is 2.18. The number of aliphatic hydroxyl groups is 1. The highest BCUT2D eigenvalue weighted by atomic mass is 16.3. The van der Waals surface area contributed by atoms with E-state index in [1.54, 1.807) is 7.05 Å². The maximum atomic E-state index is 9.68. The van der Waals surface area contributed by atoms with Crippen LogP contribution in [0.15, 0.2) is 35.3 Å². The van der Waals surface area contributed by atoms with Gasteiger partial charge in [0.1, 0.15) is 0 Å². The smallest absolute Gasteiger partial charge is 0.191 e. The summed E-state index contributed by atoms with van der Waals surface area (Å²) in [6.45, 7) is 8.64. The van der Waals surface area contributed by atoms with Gasteiger partial charge in [-0.2, -0.15) is 0 Å². The molecule has 1 saturated heterocycles. The third-order valence-corrected chi connectivity index (χ3v) is 4.83. The standard InChI is InChI=1S/C20H34N4O/c1-16(2)14-24-11-7-10-19(24)13-23-20(21-3)22-12-18(15-25)17-8-5-4-6-9-17/h4-6,8-9,16,18-19,25H,7,10-15H2,1-3H3,(H2,21,22,23)/t18?,19-/m1/s1. The third kappa shape index (κ3) is 6.33. The van der Waals surface area contributed by atoms with Gasteiger partial charge in [-0.25, -0.2) is 0 Å². The van der Waals surface area contributed by atoms with Gasteiger partial charge in [0.15, 0.2) is 5.96 Å². The number of aliphatic hydroxyl groups excluding tert-OH is 1. The van der Waals surface area contributed by atoms with Crippen molar-refractivity contribution in [1.82, 2.24) is 15.5 Å². The van der Waals surface area contributed by atoms with Crippen molar-refractivity contribution in [2.24, 2.45) is 10.9 Å². The van der Waals surface area contributed by atoms with Crippen LogP contribution in [0, 0.1) is 5.92 Å². The van der Waals surface area contributed by atoms with E-state index in [0.29, 0.717) is 18.5 Å². The average molecular weight is 347 g/mol. The largest absolute Gasteiger partial charge is 0.396 e. The van der Waals surface area contributed by atoms with E-state index < -0.39 is 0 Å². The lowest BCUT2D eigenvalue weighted by Gasteiger charge is -2.27. The Kier molecular flexibility index (Phi) is 8.22. The Balaban J connectivity index is 1.80. The first kappa shape index (κ1) is 19.7. The molecule has 0 aliphatic carbocycles. The van der Waals surface area contributed by atoms with Crippen LogP contribution in [-0.2, 0) is 0 Å². The molecule has 1 heterocycles. The predicted molar refractivity (Wildman–Crippen MR) is 105 cm³/mol. The van der Waals surface area contributed by atoms with Crippen LogP contribution in [0.2, 0.25) is 0 Å². The summed E-state index contributed by atoms with van der Waals surface area (Å²) in [4.78, 5) is 6.92. The molecule has 1 aliphatic rings. The molecule has 0 saturated carbocycles. The summed E-state index contributed by atoms with van der Waals surface area (Å²) in [6.07, 6.45) is 2.53. The van der Waals surface area contributed by atoms with Crippen molar-refractivity contribution < 1.29 is 5.11 Å². The summed E-state index contributed by atoms with van der Waals surface area (Å²) in [5.74, 6) is 1.59. The second-order valence-electron chi connectivity index (χ2n) is 7.31. The Labute approximate surface area is 152 Å². The second kappa shape index (κ2) is 10.4. The van der Waals surface area contributed by atoms with Gasteiger partial charge in [-0.3, -0.25) is 9.89 Å². The molecule has 0 bridgehead atoms. The fourth-order valence-corrected chi connectivity index (χ4v) is 3.50. The van der Waals surface area contributed by atoms with Crippen LogP contribution >= 0.6 is 0 Å². The molecule has 140 valence electrons. The van der Waals surface area contributed by atoms with Crippen molar-refractivity contribution in [3.8, 4) is 0 Å². The maximum Gasteiger partial charge on any atom is 0.191 e. The van der Waals surface area contributed by atoms with Gasteiger partial charge in [0.25, 0.3) is 0 Å². The van der Waals surface area contributed by atoms with E-state index in [1.165, 1.54) is 25.9 Å². The van der Waals surface area contributed by atoms with Crippen LogP contribution in [-0.4, -0.2) is 61.8 Å². The zero-order valence-electron chi connectivity index (χ0n) is 15.9. The van der Waals surface area contributed by atoms with E-state index in [1.807, 2.05) is 18.2 Å². The van der Waals surface area contributed by atoms with Gasteiger partial charge >= 0.3 is 0 Å². The van der Waals surface area contributed by atoms with E-state index in [4.69, 9.17) is 0 Å². The summed E-state index contributed by atoms with van der Waals surface area (Å²) in [5, 5.41) is 16.5. The van der Waals surface area contributed by atoms with Gasteiger partial charge in [0.05, 0.1) is 6.61 Å². The molecular formula is C20H34N4O. The summed E-state index contributed by atoms with van der Waals surface area (Å²) < 4.78 is 0.